The Labute approximate surface area is 107 Å². The van der Waals surface area contributed by atoms with Gasteiger partial charge < -0.3 is 0 Å². The van der Waals surface area contributed by atoms with Gasteiger partial charge in [-0.15, -0.1) is 23.1 Å². The van der Waals surface area contributed by atoms with E-state index in [1.807, 2.05) is 0 Å². The summed E-state index contributed by atoms with van der Waals surface area (Å²) in [7, 11) is 0. The van der Waals surface area contributed by atoms with E-state index < -0.39 is 0 Å². The Kier molecular flexibility index (Phi) is 3.22. The minimum atomic E-state index is 1.23. The van der Waals surface area contributed by atoms with Gasteiger partial charge in [-0.05, 0) is 67.7 Å². The van der Waals surface area contributed by atoms with Crippen LogP contribution in [0.4, 0.5) is 0 Å². The molecule has 2 rings (SSSR count). The normalized spacial score (nSPS) is 11.0. The molecule has 0 saturated heterocycles. The lowest BCUT2D eigenvalue weighted by molar-refractivity contribution is 1.44. The van der Waals surface area contributed by atoms with E-state index in [1.54, 1.807) is 23.1 Å². The third kappa shape index (κ3) is 1.78. The summed E-state index contributed by atoms with van der Waals surface area (Å²) in [6, 6.07) is 4.41. The molecule has 0 aliphatic heterocycles. The van der Waals surface area contributed by atoms with E-state index in [-0.39, 0.29) is 0 Å². The Balaban J connectivity index is 2.83. The van der Waals surface area contributed by atoms with Gasteiger partial charge in [0, 0.05) is 17.6 Å². The number of thiophene rings is 1. The molecule has 4 heteroatoms. The summed E-state index contributed by atoms with van der Waals surface area (Å²) in [6.45, 7) is 0. The molecule has 0 nitrogen and oxygen atoms in total. The van der Waals surface area contributed by atoms with Crippen LogP contribution in [0.15, 0.2) is 26.9 Å². The summed E-state index contributed by atoms with van der Waals surface area (Å²) in [5.41, 5.74) is 0. The first-order chi connectivity index (χ1) is 6.24. The van der Waals surface area contributed by atoms with Crippen LogP contribution in [0.3, 0.4) is 0 Å². The largest absolute Gasteiger partial charge is 0.143 e. The number of rotatable bonds is 1. The molecule has 0 amide bonds. The topological polar surface area (TPSA) is 0 Å². The predicted octanol–water partition coefficient (Wildman–Crippen LogP) is 4.99. The minimum Gasteiger partial charge on any atom is -0.143 e. The first-order valence-electron chi connectivity index (χ1n) is 3.63. The maximum Gasteiger partial charge on any atom is 0.0488 e. The summed E-state index contributed by atoms with van der Waals surface area (Å²) in [6.07, 6.45) is 2.11. The Morgan fingerprint density at radius 1 is 1.54 bits per heavy atom. The molecule has 0 saturated carbocycles. The molecular formula is C9H6BrIS2. The summed E-state index contributed by atoms with van der Waals surface area (Å²) in [4.78, 5) is 1.32. The molecule has 1 aromatic heterocycles. The van der Waals surface area contributed by atoms with Gasteiger partial charge in [-0.1, -0.05) is 0 Å². The van der Waals surface area contributed by atoms with Crippen molar-refractivity contribution in [1.29, 1.82) is 0 Å². The number of hydrogen-bond acceptors (Lipinski definition) is 2. The van der Waals surface area contributed by atoms with Crippen molar-refractivity contribution in [3.63, 3.8) is 0 Å². The fourth-order valence-electron chi connectivity index (χ4n) is 1.17. The number of thioether (sulfide) groups is 1. The van der Waals surface area contributed by atoms with Gasteiger partial charge in [0.25, 0.3) is 0 Å². The third-order valence-electron chi connectivity index (χ3n) is 1.81. The van der Waals surface area contributed by atoms with Gasteiger partial charge in [0.15, 0.2) is 0 Å². The Hall–Kier alpha value is 0.740. The lowest BCUT2D eigenvalue weighted by Crippen LogP contribution is -1.79. The minimum absolute atomic E-state index is 1.23. The zero-order chi connectivity index (χ0) is 9.42. The second kappa shape index (κ2) is 4.08. The molecule has 1 aromatic carbocycles. The fourth-order valence-corrected chi connectivity index (χ4v) is 4.61. The van der Waals surface area contributed by atoms with E-state index >= 15 is 0 Å². The lowest BCUT2D eigenvalue weighted by Gasteiger charge is -2.04. The Morgan fingerprint density at radius 3 is 3.00 bits per heavy atom. The zero-order valence-electron chi connectivity index (χ0n) is 6.80. The molecule has 0 bridgehead atoms. The van der Waals surface area contributed by atoms with Crippen molar-refractivity contribution in [2.75, 3.05) is 6.26 Å². The Bertz CT molecular complexity index is 450. The van der Waals surface area contributed by atoms with Crippen LogP contribution >= 0.6 is 61.6 Å². The molecule has 2 aromatic rings. The quantitative estimate of drug-likeness (QED) is 0.493. The highest BCUT2D eigenvalue weighted by Crippen LogP contribution is 2.38. The number of benzene rings is 1. The Morgan fingerprint density at radius 2 is 2.31 bits per heavy atom. The zero-order valence-corrected chi connectivity index (χ0v) is 12.2. The molecule has 0 N–H and O–H groups in total. The van der Waals surface area contributed by atoms with E-state index in [1.165, 1.54) is 23.0 Å². The van der Waals surface area contributed by atoms with Crippen molar-refractivity contribution in [1.82, 2.24) is 0 Å². The standard InChI is InChI=1S/C9H6BrIS2/c1-12-6-4-5-2-3-13-9(5)8(11)7(6)10/h2-4H,1H3. The van der Waals surface area contributed by atoms with Crippen molar-refractivity contribution in [3.8, 4) is 0 Å². The second-order valence-corrected chi connectivity index (χ2v) is 6.18. The van der Waals surface area contributed by atoms with Crippen LogP contribution in [0, 0.1) is 3.57 Å². The molecule has 13 heavy (non-hydrogen) atoms. The molecule has 0 atom stereocenters. The SMILES string of the molecule is CSc1cc2ccsc2c(I)c1Br. The number of fused-ring (bicyclic) bond motifs is 1. The van der Waals surface area contributed by atoms with E-state index in [2.05, 4.69) is 62.3 Å². The highest BCUT2D eigenvalue weighted by molar-refractivity contribution is 14.1. The van der Waals surface area contributed by atoms with Gasteiger partial charge in [-0.3, -0.25) is 0 Å². The molecule has 0 radical (unpaired) electrons. The van der Waals surface area contributed by atoms with Crippen LogP contribution in [0.25, 0.3) is 10.1 Å². The van der Waals surface area contributed by atoms with Crippen molar-refractivity contribution in [2.45, 2.75) is 4.90 Å². The molecule has 1 heterocycles. The summed E-state index contributed by atoms with van der Waals surface area (Å²) in [5.74, 6) is 0. The molecule has 0 unspecified atom stereocenters. The third-order valence-corrected chi connectivity index (χ3v) is 6.79. The van der Waals surface area contributed by atoms with E-state index in [0.29, 0.717) is 0 Å². The highest BCUT2D eigenvalue weighted by atomic mass is 127. The molecule has 0 aliphatic carbocycles. The van der Waals surface area contributed by atoms with Crippen molar-refractivity contribution in [3.05, 3.63) is 25.6 Å². The first-order valence-corrected chi connectivity index (χ1v) is 7.61. The maximum absolute atomic E-state index is 3.62. The van der Waals surface area contributed by atoms with Gasteiger partial charge in [0.2, 0.25) is 0 Å². The smallest absolute Gasteiger partial charge is 0.0488 e. The average Bonchev–Trinajstić information content (AvgIpc) is 2.59. The van der Waals surface area contributed by atoms with Gasteiger partial charge in [0.05, 0.1) is 0 Å². The van der Waals surface area contributed by atoms with Gasteiger partial charge in [0.1, 0.15) is 0 Å². The van der Waals surface area contributed by atoms with Gasteiger partial charge >= 0.3 is 0 Å². The van der Waals surface area contributed by atoms with Crippen LogP contribution in [0.1, 0.15) is 0 Å². The predicted molar refractivity (Wildman–Crippen MR) is 74.0 cm³/mol. The summed E-state index contributed by atoms with van der Waals surface area (Å²) in [5, 5.41) is 3.49. The molecule has 0 spiro atoms. The van der Waals surface area contributed by atoms with Crippen LogP contribution in [0.5, 0.6) is 0 Å². The van der Waals surface area contributed by atoms with Gasteiger partial charge in [-0.25, -0.2) is 0 Å². The van der Waals surface area contributed by atoms with Crippen molar-refractivity contribution < 1.29 is 0 Å². The van der Waals surface area contributed by atoms with E-state index in [0.717, 1.165) is 0 Å². The summed E-state index contributed by atoms with van der Waals surface area (Å²) >= 11 is 9.60. The first kappa shape index (κ1) is 10.3. The van der Waals surface area contributed by atoms with Crippen LogP contribution in [0.2, 0.25) is 0 Å². The molecule has 68 valence electrons. The van der Waals surface area contributed by atoms with Crippen LogP contribution in [-0.2, 0) is 0 Å². The molecular weight excluding hydrogens is 379 g/mol. The van der Waals surface area contributed by atoms with Crippen molar-refractivity contribution >= 4 is 71.7 Å². The van der Waals surface area contributed by atoms with E-state index in [9.17, 15) is 0 Å². The summed E-state index contributed by atoms with van der Waals surface area (Å²) < 4.78 is 3.94. The van der Waals surface area contributed by atoms with Gasteiger partial charge in [-0.2, -0.15) is 0 Å². The van der Waals surface area contributed by atoms with Crippen LogP contribution in [-0.4, -0.2) is 6.26 Å². The molecule has 0 aliphatic rings. The van der Waals surface area contributed by atoms with Crippen molar-refractivity contribution in [2.24, 2.45) is 0 Å². The second-order valence-electron chi connectivity index (χ2n) is 2.55. The van der Waals surface area contributed by atoms with Crippen LogP contribution < -0.4 is 0 Å². The number of hydrogen-bond donors (Lipinski definition) is 0. The number of halogens is 2. The lowest BCUT2D eigenvalue weighted by atomic mass is 10.3. The van der Waals surface area contributed by atoms with E-state index in [4.69, 9.17) is 0 Å². The maximum atomic E-state index is 3.62. The average molecular weight is 385 g/mol. The monoisotopic (exact) mass is 384 g/mol. The molecule has 0 fully saturated rings. The fraction of sp³-hybridized carbons (Fsp3) is 0.111. The highest BCUT2D eigenvalue weighted by Gasteiger charge is 2.08.